The second-order valence-electron chi connectivity index (χ2n) is 4.20. The first-order chi connectivity index (χ1) is 8.56. The molecule has 0 aromatic heterocycles. The summed E-state index contributed by atoms with van der Waals surface area (Å²) in [6.45, 7) is 1.94. The van der Waals surface area contributed by atoms with Crippen molar-refractivity contribution in [3.63, 3.8) is 0 Å². The molecule has 0 saturated heterocycles. The quantitative estimate of drug-likeness (QED) is 0.835. The molecule has 2 aromatic carbocycles. The van der Waals surface area contributed by atoms with Gasteiger partial charge < -0.3 is 10.8 Å². The molecule has 0 amide bonds. The minimum absolute atomic E-state index is 0.182. The monoisotopic (exact) mass is 261 g/mol. The summed E-state index contributed by atoms with van der Waals surface area (Å²) in [7, 11) is -1.20. The summed E-state index contributed by atoms with van der Waals surface area (Å²) < 4.78 is 12.2. The zero-order chi connectivity index (χ0) is 13.1. The van der Waals surface area contributed by atoms with E-state index in [1.807, 2.05) is 25.1 Å². The molecule has 1 unspecified atom stereocenters. The van der Waals surface area contributed by atoms with Crippen molar-refractivity contribution in [2.24, 2.45) is 0 Å². The van der Waals surface area contributed by atoms with Crippen molar-refractivity contribution in [3.05, 3.63) is 53.6 Å². The van der Waals surface area contributed by atoms with Crippen LogP contribution in [-0.4, -0.2) is 9.32 Å². The van der Waals surface area contributed by atoms with Crippen molar-refractivity contribution in [2.45, 2.75) is 17.6 Å². The average Bonchev–Trinajstić information content (AvgIpc) is 2.32. The number of benzene rings is 2. The normalized spacial score (nSPS) is 12.3. The molecular weight excluding hydrogens is 246 g/mol. The molecule has 0 spiro atoms. The van der Waals surface area contributed by atoms with Gasteiger partial charge in [0.25, 0.3) is 0 Å². The highest BCUT2D eigenvalue weighted by atomic mass is 32.2. The SMILES string of the molecule is Cc1ccc(N)c(S(=O)Cc2cccc(O)c2)c1. The molecule has 1 atom stereocenters. The Morgan fingerprint density at radius 3 is 2.72 bits per heavy atom. The molecule has 4 heteroatoms. The molecule has 18 heavy (non-hydrogen) atoms. The summed E-state index contributed by atoms with van der Waals surface area (Å²) in [4.78, 5) is 0.651. The van der Waals surface area contributed by atoms with Gasteiger partial charge in [0.1, 0.15) is 5.75 Å². The third kappa shape index (κ3) is 2.90. The van der Waals surface area contributed by atoms with Crippen LogP contribution in [0.15, 0.2) is 47.4 Å². The summed E-state index contributed by atoms with van der Waals surface area (Å²) in [6.07, 6.45) is 0. The molecule has 0 heterocycles. The standard InChI is InChI=1S/C14H15NO2S/c1-10-5-6-13(15)14(7-10)18(17)9-11-3-2-4-12(16)8-11/h2-8,16H,9,15H2,1H3. The Balaban J connectivity index is 2.24. The second-order valence-corrected chi connectivity index (χ2v) is 5.62. The number of nitrogen functional groups attached to an aromatic ring is 1. The van der Waals surface area contributed by atoms with Gasteiger partial charge in [0.2, 0.25) is 0 Å². The van der Waals surface area contributed by atoms with Crippen LogP contribution in [0, 0.1) is 6.92 Å². The Morgan fingerprint density at radius 2 is 2.00 bits per heavy atom. The molecule has 0 aliphatic rings. The lowest BCUT2D eigenvalue weighted by molar-refractivity contribution is 0.475. The third-order valence-electron chi connectivity index (χ3n) is 2.62. The van der Waals surface area contributed by atoms with E-state index in [1.54, 1.807) is 24.3 Å². The van der Waals surface area contributed by atoms with Crippen LogP contribution >= 0.6 is 0 Å². The van der Waals surface area contributed by atoms with E-state index in [4.69, 9.17) is 5.73 Å². The fraction of sp³-hybridized carbons (Fsp3) is 0.143. The smallest absolute Gasteiger partial charge is 0.115 e. The molecule has 3 N–H and O–H groups in total. The van der Waals surface area contributed by atoms with Crippen LogP contribution in [0.3, 0.4) is 0 Å². The first kappa shape index (κ1) is 12.6. The van der Waals surface area contributed by atoms with E-state index < -0.39 is 10.8 Å². The molecule has 2 rings (SSSR count). The van der Waals surface area contributed by atoms with Crippen molar-refractivity contribution >= 4 is 16.5 Å². The van der Waals surface area contributed by atoms with Crippen molar-refractivity contribution < 1.29 is 9.32 Å². The molecule has 0 fully saturated rings. The maximum Gasteiger partial charge on any atom is 0.115 e. The number of hydrogen-bond acceptors (Lipinski definition) is 3. The summed E-state index contributed by atoms with van der Waals surface area (Å²) in [5.74, 6) is 0.531. The predicted octanol–water partition coefficient (Wildman–Crippen LogP) is 2.59. The van der Waals surface area contributed by atoms with Crippen LogP contribution < -0.4 is 5.73 Å². The fourth-order valence-electron chi connectivity index (χ4n) is 1.71. The van der Waals surface area contributed by atoms with Gasteiger partial charge in [-0.25, -0.2) is 0 Å². The topological polar surface area (TPSA) is 63.3 Å². The van der Waals surface area contributed by atoms with Crippen LogP contribution in [0.1, 0.15) is 11.1 Å². The van der Waals surface area contributed by atoms with Gasteiger partial charge in [0, 0.05) is 5.69 Å². The zero-order valence-corrected chi connectivity index (χ0v) is 10.9. The average molecular weight is 261 g/mol. The number of phenols is 1. The van der Waals surface area contributed by atoms with Gasteiger partial charge in [0.15, 0.2) is 0 Å². The van der Waals surface area contributed by atoms with Gasteiger partial charge in [-0.2, -0.15) is 0 Å². The van der Waals surface area contributed by atoms with E-state index in [1.165, 1.54) is 0 Å². The predicted molar refractivity (Wildman–Crippen MR) is 73.8 cm³/mol. The Labute approximate surface area is 109 Å². The van der Waals surface area contributed by atoms with E-state index in [0.717, 1.165) is 11.1 Å². The largest absolute Gasteiger partial charge is 0.508 e. The molecule has 94 valence electrons. The summed E-state index contributed by atoms with van der Waals surface area (Å²) in [5, 5.41) is 9.37. The summed E-state index contributed by atoms with van der Waals surface area (Å²) in [5.41, 5.74) is 8.23. The molecule has 0 bridgehead atoms. The van der Waals surface area contributed by atoms with Crippen molar-refractivity contribution in [1.82, 2.24) is 0 Å². The Morgan fingerprint density at radius 1 is 1.22 bits per heavy atom. The highest BCUT2D eigenvalue weighted by molar-refractivity contribution is 7.84. The Bertz CT molecular complexity index is 596. The van der Waals surface area contributed by atoms with Crippen LogP contribution in [0.5, 0.6) is 5.75 Å². The van der Waals surface area contributed by atoms with Crippen LogP contribution in [-0.2, 0) is 16.6 Å². The maximum atomic E-state index is 12.2. The minimum Gasteiger partial charge on any atom is -0.508 e. The Kier molecular flexibility index (Phi) is 3.67. The van der Waals surface area contributed by atoms with Crippen molar-refractivity contribution in [3.8, 4) is 5.75 Å². The molecular formula is C14H15NO2S. The molecule has 3 nitrogen and oxygen atoms in total. The zero-order valence-electron chi connectivity index (χ0n) is 10.1. The lowest BCUT2D eigenvalue weighted by Crippen LogP contribution is -2.01. The van der Waals surface area contributed by atoms with E-state index in [-0.39, 0.29) is 5.75 Å². The highest BCUT2D eigenvalue weighted by Gasteiger charge is 2.09. The summed E-state index contributed by atoms with van der Waals surface area (Å²) in [6, 6.07) is 12.3. The molecule has 0 aliphatic heterocycles. The van der Waals surface area contributed by atoms with Gasteiger partial charge >= 0.3 is 0 Å². The molecule has 0 aliphatic carbocycles. The molecule has 0 saturated carbocycles. The van der Waals surface area contributed by atoms with Gasteiger partial charge in [0.05, 0.1) is 21.4 Å². The minimum atomic E-state index is -1.20. The second kappa shape index (κ2) is 5.23. The lowest BCUT2D eigenvalue weighted by Gasteiger charge is -2.07. The number of phenolic OH excluding ortho intramolecular Hbond substituents is 1. The van der Waals surface area contributed by atoms with Gasteiger partial charge in [-0.3, -0.25) is 4.21 Å². The highest BCUT2D eigenvalue weighted by Crippen LogP contribution is 2.21. The first-order valence-corrected chi connectivity index (χ1v) is 6.90. The number of aryl methyl sites for hydroxylation is 1. The molecule has 2 aromatic rings. The van der Waals surface area contributed by atoms with Crippen LogP contribution in [0.2, 0.25) is 0 Å². The number of hydrogen-bond donors (Lipinski definition) is 2. The number of anilines is 1. The van der Waals surface area contributed by atoms with E-state index in [9.17, 15) is 9.32 Å². The van der Waals surface area contributed by atoms with E-state index in [0.29, 0.717) is 16.3 Å². The van der Waals surface area contributed by atoms with Gasteiger partial charge in [-0.05, 0) is 42.3 Å². The fourth-order valence-corrected chi connectivity index (χ4v) is 3.00. The van der Waals surface area contributed by atoms with Gasteiger partial charge in [-0.1, -0.05) is 18.2 Å². The number of nitrogens with two attached hydrogens (primary N) is 1. The van der Waals surface area contributed by atoms with Crippen LogP contribution in [0.25, 0.3) is 0 Å². The van der Waals surface area contributed by atoms with Crippen molar-refractivity contribution in [2.75, 3.05) is 5.73 Å². The third-order valence-corrected chi connectivity index (χ3v) is 4.06. The molecule has 0 radical (unpaired) electrons. The van der Waals surface area contributed by atoms with Crippen LogP contribution in [0.4, 0.5) is 5.69 Å². The number of aromatic hydroxyl groups is 1. The Hall–Kier alpha value is -1.81. The number of rotatable bonds is 3. The van der Waals surface area contributed by atoms with E-state index in [2.05, 4.69) is 0 Å². The summed E-state index contributed by atoms with van der Waals surface area (Å²) >= 11 is 0. The van der Waals surface area contributed by atoms with Crippen molar-refractivity contribution in [1.29, 1.82) is 0 Å². The lowest BCUT2D eigenvalue weighted by atomic mass is 10.2. The van der Waals surface area contributed by atoms with Gasteiger partial charge in [-0.15, -0.1) is 0 Å². The first-order valence-electron chi connectivity index (χ1n) is 5.58. The maximum absolute atomic E-state index is 12.2. The van der Waals surface area contributed by atoms with E-state index >= 15 is 0 Å².